The van der Waals surface area contributed by atoms with Crippen molar-refractivity contribution < 1.29 is 26.3 Å². The van der Waals surface area contributed by atoms with Crippen molar-refractivity contribution in [2.45, 2.75) is 24.8 Å². The molecule has 1 radical (unpaired) electrons. The molecule has 1 atom stereocenters. The second kappa shape index (κ2) is 7.31. The quantitative estimate of drug-likeness (QED) is 0.621. The number of alkyl halides is 6. The summed E-state index contributed by atoms with van der Waals surface area (Å²) in [5, 5.41) is 0. The minimum Gasteiger partial charge on any atom is -0.306 e. The van der Waals surface area contributed by atoms with E-state index in [0.29, 0.717) is 18.1 Å². The van der Waals surface area contributed by atoms with E-state index in [1.807, 2.05) is 19.0 Å². The topological polar surface area (TPSA) is 3.24 Å². The van der Waals surface area contributed by atoms with Crippen molar-refractivity contribution in [1.29, 1.82) is 0 Å². The van der Waals surface area contributed by atoms with Gasteiger partial charge in [-0.05, 0) is 50.2 Å². The van der Waals surface area contributed by atoms with E-state index >= 15 is 0 Å². The molecule has 7 heteroatoms. The molecular weight excluding hydrogens is 356 g/mol. The van der Waals surface area contributed by atoms with Crippen LogP contribution < -0.4 is 0 Å². The van der Waals surface area contributed by atoms with Crippen LogP contribution in [0.2, 0.25) is 0 Å². The Morgan fingerprint density at radius 3 is 2.08 bits per heavy atom. The predicted octanol–water partition coefficient (Wildman–Crippen LogP) is 5.70. The maximum Gasteiger partial charge on any atom is 0.417 e. The maximum absolute atomic E-state index is 13.4. The van der Waals surface area contributed by atoms with Gasteiger partial charge in [-0.1, -0.05) is 36.4 Å². The molecule has 0 aliphatic rings. The number of likely N-dealkylation sites (N-methyl/N-ethyl adjacent to an activating group) is 1. The second-order valence-electron chi connectivity index (χ2n) is 6.25. The summed E-state index contributed by atoms with van der Waals surface area (Å²) in [7, 11) is 3.63. The summed E-state index contributed by atoms with van der Waals surface area (Å²) in [6.07, 6.45) is -9.76. The number of benzene rings is 2. The fourth-order valence-corrected chi connectivity index (χ4v) is 2.65. The van der Waals surface area contributed by atoms with Gasteiger partial charge in [0.2, 0.25) is 0 Å². The first kappa shape index (κ1) is 20.3. The summed E-state index contributed by atoms with van der Waals surface area (Å²) in [5.74, 6) is 0. The number of hydrogen-bond donors (Lipinski definition) is 0. The molecule has 141 valence electrons. The molecule has 0 amide bonds. The lowest BCUT2D eigenvalue weighted by Gasteiger charge is -2.21. The van der Waals surface area contributed by atoms with Crippen LogP contribution in [-0.2, 0) is 18.8 Å². The van der Waals surface area contributed by atoms with Crippen LogP contribution in [0.1, 0.15) is 16.7 Å². The Morgan fingerprint density at radius 2 is 1.54 bits per heavy atom. The largest absolute Gasteiger partial charge is 0.417 e. The van der Waals surface area contributed by atoms with Crippen molar-refractivity contribution >= 4 is 0 Å². The fourth-order valence-electron chi connectivity index (χ4n) is 2.65. The molecule has 0 aromatic heterocycles. The molecule has 0 fully saturated rings. The third-order valence-corrected chi connectivity index (χ3v) is 4.09. The summed E-state index contributed by atoms with van der Waals surface area (Å²) < 4.78 is 79.6. The summed E-state index contributed by atoms with van der Waals surface area (Å²) >= 11 is 0. The van der Waals surface area contributed by atoms with Gasteiger partial charge >= 0.3 is 12.4 Å². The minimum atomic E-state index is -5.13. The van der Waals surface area contributed by atoms with E-state index in [-0.39, 0.29) is 11.6 Å². The van der Waals surface area contributed by atoms with E-state index in [4.69, 9.17) is 0 Å². The van der Waals surface area contributed by atoms with Crippen molar-refractivity contribution in [3.05, 3.63) is 66.1 Å². The van der Waals surface area contributed by atoms with E-state index in [9.17, 15) is 26.3 Å². The summed E-state index contributed by atoms with van der Waals surface area (Å²) in [5.41, 5.74) is -3.05. The average Bonchev–Trinajstić information content (AvgIpc) is 2.52. The highest BCUT2D eigenvalue weighted by Gasteiger charge is 2.44. The molecule has 0 saturated heterocycles. The van der Waals surface area contributed by atoms with E-state index < -0.39 is 29.0 Å². The monoisotopic (exact) mass is 374 g/mol. The molecule has 1 unspecified atom stereocenters. The van der Waals surface area contributed by atoms with Crippen LogP contribution in [0.25, 0.3) is 11.1 Å². The van der Waals surface area contributed by atoms with Gasteiger partial charge in [0, 0.05) is 6.04 Å². The fraction of sp³-hybridized carbons (Fsp3) is 0.316. The molecule has 0 heterocycles. The molecule has 0 aliphatic heterocycles. The molecule has 2 aromatic carbocycles. The van der Waals surface area contributed by atoms with Gasteiger partial charge in [0.05, 0.1) is 11.1 Å². The highest BCUT2D eigenvalue weighted by Crippen LogP contribution is 2.45. The van der Waals surface area contributed by atoms with Crippen molar-refractivity contribution in [1.82, 2.24) is 4.90 Å². The van der Waals surface area contributed by atoms with Gasteiger partial charge in [-0.2, -0.15) is 26.3 Å². The zero-order valence-corrected chi connectivity index (χ0v) is 14.2. The molecule has 0 N–H and O–H groups in total. The molecule has 26 heavy (non-hydrogen) atoms. The van der Waals surface area contributed by atoms with Crippen LogP contribution >= 0.6 is 0 Å². The van der Waals surface area contributed by atoms with Crippen LogP contribution in [0.3, 0.4) is 0 Å². The van der Waals surface area contributed by atoms with Crippen molar-refractivity contribution in [2.24, 2.45) is 0 Å². The maximum atomic E-state index is 13.4. The lowest BCUT2D eigenvalue weighted by molar-refractivity contribution is -0.161. The van der Waals surface area contributed by atoms with Crippen LogP contribution in [0.15, 0.2) is 42.5 Å². The SMILES string of the molecule is [CH2]C(Cc1cccc(-c2cccc(C(F)(F)F)c2C(F)(F)F)c1)N(C)C. The van der Waals surface area contributed by atoms with Crippen LogP contribution in [0, 0.1) is 6.92 Å². The first-order valence-corrected chi connectivity index (χ1v) is 7.77. The smallest absolute Gasteiger partial charge is 0.306 e. The van der Waals surface area contributed by atoms with Gasteiger partial charge < -0.3 is 4.90 Å². The number of rotatable bonds is 4. The molecule has 0 spiro atoms. The van der Waals surface area contributed by atoms with Gasteiger partial charge in [-0.25, -0.2) is 0 Å². The summed E-state index contributed by atoms with van der Waals surface area (Å²) in [6, 6.07) is 8.49. The number of halogens is 6. The standard InChI is InChI=1S/C19H18F6N/c1-12(26(2)3)10-13-6-4-7-14(11-13)15-8-5-9-16(18(20,21)22)17(15)19(23,24)25/h4-9,11-12H,1,10H2,2-3H3. The third-order valence-electron chi connectivity index (χ3n) is 4.09. The van der Waals surface area contributed by atoms with Gasteiger partial charge in [0.1, 0.15) is 0 Å². The normalized spacial score (nSPS) is 13.9. The van der Waals surface area contributed by atoms with Gasteiger partial charge in [0.25, 0.3) is 0 Å². The average molecular weight is 374 g/mol. The zero-order chi connectivity index (χ0) is 19.7. The molecule has 0 saturated carbocycles. The van der Waals surface area contributed by atoms with Crippen molar-refractivity contribution in [2.75, 3.05) is 14.1 Å². The first-order chi connectivity index (χ1) is 11.9. The lowest BCUT2D eigenvalue weighted by Crippen LogP contribution is -2.26. The molecule has 1 nitrogen and oxygen atoms in total. The highest BCUT2D eigenvalue weighted by atomic mass is 19.4. The Morgan fingerprint density at radius 1 is 0.923 bits per heavy atom. The molecule has 2 aromatic rings. The zero-order valence-electron chi connectivity index (χ0n) is 14.2. The Bertz CT molecular complexity index is 761. The molecule has 0 aliphatic carbocycles. The number of nitrogens with zero attached hydrogens (tertiary/aromatic N) is 1. The Balaban J connectivity index is 2.59. The van der Waals surface area contributed by atoms with E-state index in [1.165, 1.54) is 18.2 Å². The van der Waals surface area contributed by atoms with Crippen LogP contribution in [0.4, 0.5) is 26.3 Å². The lowest BCUT2D eigenvalue weighted by atomic mass is 9.92. The van der Waals surface area contributed by atoms with E-state index in [0.717, 1.165) is 12.1 Å². The summed E-state index contributed by atoms with van der Waals surface area (Å²) in [6.45, 7) is 3.94. The third kappa shape index (κ3) is 4.58. The van der Waals surface area contributed by atoms with Crippen molar-refractivity contribution in [3.8, 4) is 11.1 Å². The van der Waals surface area contributed by atoms with Crippen LogP contribution in [-0.4, -0.2) is 25.0 Å². The van der Waals surface area contributed by atoms with Gasteiger partial charge in [-0.3, -0.25) is 0 Å². The molecule has 0 bridgehead atoms. The molecular formula is C19H18F6N. The second-order valence-corrected chi connectivity index (χ2v) is 6.25. The molecule has 2 rings (SSSR count). The van der Waals surface area contributed by atoms with Crippen LogP contribution in [0.5, 0.6) is 0 Å². The van der Waals surface area contributed by atoms with Crippen molar-refractivity contribution in [3.63, 3.8) is 0 Å². The minimum absolute atomic E-state index is 0.0897. The van der Waals surface area contributed by atoms with Gasteiger partial charge in [-0.15, -0.1) is 0 Å². The van der Waals surface area contributed by atoms with E-state index in [1.54, 1.807) is 6.07 Å². The number of hydrogen-bond acceptors (Lipinski definition) is 1. The Labute approximate surface area is 148 Å². The highest BCUT2D eigenvalue weighted by molar-refractivity contribution is 5.70. The Kier molecular flexibility index (Phi) is 5.70. The predicted molar refractivity (Wildman–Crippen MR) is 88.4 cm³/mol. The first-order valence-electron chi connectivity index (χ1n) is 7.77. The van der Waals surface area contributed by atoms with E-state index in [2.05, 4.69) is 6.92 Å². The Hall–Kier alpha value is -2.02. The summed E-state index contributed by atoms with van der Waals surface area (Å²) in [4.78, 5) is 1.85. The van der Waals surface area contributed by atoms with Gasteiger partial charge in [0.15, 0.2) is 0 Å².